The Labute approximate surface area is 87.9 Å². The van der Waals surface area contributed by atoms with Crippen LogP contribution in [0.25, 0.3) is 0 Å². The zero-order valence-electron chi connectivity index (χ0n) is 8.86. The van der Waals surface area contributed by atoms with E-state index in [1.807, 2.05) is 0 Å². The second-order valence-corrected chi connectivity index (χ2v) is 4.06. The fraction of sp³-hybridized carbons (Fsp3) is 0.778. The van der Waals surface area contributed by atoms with Crippen molar-refractivity contribution in [1.29, 1.82) is 0 Å². The summed E-state index contributed by atoms with van der Waals surface area (Å²) in [5.41, 5.74) is -1.83. The van der Waals surface area contributed by atoms with Crippen LogP contribution in [0, 0.1) is 0 Å². The number of likely N-dealkylation sites (tertiary alicyclic amines) is 1. The Hall–Kier alpha value is -1.14. The van der Waals surface area contributed by atoms with Crippen LogP contribution >= 0.6 is 0 Å². The normalized spacial score (nSPS) is 25.4. The third kappa shape index (κ3) is 2.66. The van der Waals surface area contributed by atoms with Crippen molar-refractivity contribution in [1.82, 2.24) is 10.2 Å². The van der Waals surface area contributed by atoms with Crippen molar-refractivity contribution in [2.75, 3.05) is 20.1 Å². The molecular weight excluding hydrogens is 200 g/mol. The number of likely N-dealkylation sites (N-methyl/N-ethyl adjacent to an activating group) is 1. The molecule has 0 bridgehead atoms. The SMILES string of the molecule is CN1CCC(NCC(C)(O)C(=O)O)C1=O. The summed E-state index contributed by atoms with van der Waals surface area (Å²) in [6, 6.07) is -0.374. The third-order valence-electron chi connectivity index (χ3n) is 2.58. The van der Waals surface area contributed by atoms with Crippen LogP contribution in [0.2, 0.25) is 0 Å². The molecule has 1 aliphatic rings. The van der Waals surface area contributed by atoms with Crippen LogP contribution in [0.1, 0.15) is 13.3 Å². The van der Waals surface area contributed by atoms with Crippen LogP contribution < -0.4 is 5.32 Å². The first-order valence-corrected chi connectivity index (χ1v) is 4.79. The molecule has 0 aromatic heterocycles. The molecule has 1 aliphatic heterocycles. The molecule has 0 aromatic carbocycles. The monoisotopic (exact) mass is 216 g/mol. The second-order valence-electron chi connectivity index (χ2n) is 4.06. The topological polar surface area (TPSA) is 89.9 Å². The van der Waals surface area contributed by atoms with E-state index in [4.69, 9.17) is 5.11 Å². The van der Waals surface area contributed by atoms with Gasteiger partial charge < -0.3 is 20.4 Å². The van der Waals surface area contributed by atoms with E-state index < -0.39 is 11.6 Å². The number of nitrogens with zero attached hydrogens (tertiary/aromatic N) is 1. The lowest BCUT2D eigenvalue weighted by atomic mass is 10.1. The highest BCUT2D eigenvalue weighted by molar-refractivity contribution is 5.84. The molecule has 1 amide bonds. The van der Waals surface area contributed by atoms with Crippen molar-refractivity contribution in [3.05, 3.63) is 0 Å². The lowest BCUT2D eigenvalue weighted by Gasteiger charge is -2.20. The van der Waals surface area contributed by atoms with Crippen LogP contribution in [0.15, 0.2) is 0 Å². The summed E-state index contributed by atoms with van der Waals surface area (Å²) in [5, 5.41) is 20.8. The van der Waals surface area contributed by atoms with E-state index in [2.05, 4.69) is 5.32 Å². The average Bonchev–Trinajstić information content (AvgIpc) is 2.45. The third-order valence-corrected chi connectivity index (χ3v) is 2.58. The number of amides is 1. The summed E-state index contributed by atoms with van der Waals surface area (Å²) in [4.78, 5) is 23.6. The number of carboxylic acids is 1. The molecule has 86 valence electrons. The van der Waals surface area contributed by atoms with Gasteiger partial charge in [-0.1, -0.05) is 0 Å². The van der Waals surface area contributed by atoms with Gasteiger partial charge in [0.25, 0.3) is 0 Å². The van der Waals surface area contributed by atoms with E-state index in [0.29, 0.717) is 13.0 Å². The minimum absolute atomic E-state index is 0.0591. The maximum Gasteiger partial charge on any atom is 0.336 e. The van der Waals surface area contributed by atoms with Crippen molar-refractivity contribution in [3.63, 3.8) is 0 Å². The predicted molar refractivity (Wildman–Crippen MR) is 52.3 cm³/mol. The Morgan fingerprint density at radius 2 is 2.33 bits per heavy atom. The standard InChI is InChI=1S/C9H16N2O4/c1-9(15,8(13)14)5-10-6-3-4-11(2)7(6)12/h6,10,15H,3-5H2,1-2H3,(H,13,14). The first-order valence-electron chi connectivity index (χ1n) is 4.79. The van der Waals surface area contributed by atoms with Crippen LogP contribution in [-0.2, 0) is 9.59 Å². The summed E-state index contributed by atoms with van der Waals surface area (Å²) in [5.74, 6) is -1.36. The molecule has 6 heteroatoms. The van der Waals surface area contributed by atoms with Gasteiger partial charge in [0.15, 0.2) is 5.60 Å². The minimum atomic E-state index is -1.83. The lowest BCUT2D eigenvalue weighted by Crippen LogP contribution is -2.49. The lowest BCUT2D eigenvalue weighted by molar-refractivity contribution is -0.156. The number of carboxylic acid groups (broad SMARTS) is 1. The zero-order valence-corrected chi connectivity index (χ0v) is 8.86. The number of nitrogens with one attached hydrogen (secondary N) is 1. The molecule has 2 unspecified atom stereocenters. The molecule has 2 atom stereocenters. The second kappa shape index (κ2) is 4.16. The van der Waals surface area contributed by atoms with Crippen molar-refractivity contribution in [3.8, 4) is 0 Å². The number of rotatable bonds is 4. The van der Waals surface area contributed by atoms with Crippen LogP contribution in [0.4, 0.5) is 0 Å². The van der Waals surface area contributed by atoms with E-state index in [1.54, 1.807) is 11.9 Å². The van der Waals surface area contributed by atoms with E-state index in [0.717, 1.165) is 0 Å². The minimum Gasteiger partial charge on any atom is -0.479 e. The van der Waals surface area contributed by atoms with E-state index in [1.165, 1.54) is 6.92 Å². The van der Waals surface area contributed by atoms with Crippen LogP contribution in [-0.4, -0.2) is 58.8 Å². The molecule has 1 fully saturated rings. The first-order chi connectivity index (χ1) is 6.84. The van der Waals surface area contributed by atoms with Crippen LogP contribution in [0.3, 0.4) is 0 Å². The maximum atomic E-state index is 11.4. The summed E-state index contributed by atoms with van der Waals surface area (Å²) in [6.45, 7) is 1.73. The van der Waals surface area contributed by atoms with Gasteiger partial charge in [-0.15, -0.1) is 0 Å². The molecule has 1 rings (SSSR count). The number of carbonyl (C=O) groups is 2. The zero-order chi connectivity index (χ0) is 11.6. The molecule has 3 N–H and O–H groups in total. The van der Waals surface area contributed by atoms with Crippen molar-refractivity contribution in [2.24, 2.45) is 0 Å². The van der Waals surface area contributed by atoms with Crippen LogP contribution in [0.5, 0.6) is 0 Å². The molecule has 15 heavy (non-hydrogen) atoms. The molecule has 0 spiro atoms. The number of carbonyl (C=O) groups excluding carboxylic acids is 1. The van der Waals surface area contributed by atoms with E-state index in [9.17, 15) is 14.7 Å². The highest BCUT2D eigenvalue weighted by Crippen LogP contribution is 2.10. The smallest absolute Gasteiger partial charge is 0.336 e. The quantitative estimate of drug-likeness (QED) is 0.540. The van der Waals surface area contributed by atoms with Gasteiger partial charge in [-0.05, 0) is 13.3 Å². The Balaban J connectivity index is 2.45. The summed E-state index contributed by atoms with van der Waals surface area (Å²) >= 11 is 0. The molecule has 1 heterocycles. The van der Waals surface area contributed by atoms with Gasteiger partial charge >= 0.3 is 5.97 Å². The average molecular weight is 216 g/mol. The number of aliphatic carboxylic acids is 1. The van der Waals surface area contributed by atoms with Gasteiger partial charge in [0.1, 0.15) is 0 Å². The van der Waals surface area contributed by atoms with Gasteiger partial charge in [0.05, 0.1) is 6.04 Å². The molecular formula is C9H16N2O4. The fourth-order valence-corrected chi connectivity index (χ4v) is 1.41. The Bertz CT molecular complexity index is 277. The molecule has 0 aromatic rings. The predicted octanol–water partition coefficient (Wildman–Crippen LogP) is -1.36. The van der Waals surface area contributed by atoms with Gasteiger partial charge in [-0.25, -0.2) is 4.79 Å². The van der Waals surface area contributed by atoms with E-state index in [-0.39, 0.29) is 18.5 Å². The Kier molecular flexibility index (Phi) is 3.31. The number of aliphatic hydroxyl groups is 1. The number of hydrogen-bond acceptors (Lipinski definition) is 4. The largest absolute Gasteiger partial charge is 0.479 e. The molecule has 1 saturated heterocycles. The molecule has 6 nitrogen and oxygen atoms in total. The maximum absolute atomic E-state index is 11.4. The molecule has 0 radical (unpaired) electrons. The van der Waals surface area contributed by atoms with Gasteiger partial charge in [0.2, 0.25) is 5.91 Å². The van der Waals surface area contributed by atoms with Crippen molar-refractivity contribution < 1.29 is 19.8 Å². The van der Waals surface area contributed by atoms with Gasteiger partial charge in [-0.2, -0.15) is 0 Å². The number of hydrogen-bond donors (Lipinski definition) is 3. The van der Waals surface area contributed by atoms with E-state index >= 15 is 0 Å². The summed E-state index contributed by atoms with van der Waals surface area (Å²) in [7, 11) is 1.69. The Morgan fingerprint density at radius 3 is 2.73 bits per heavy atom. The molecule has 0 saturated carbocycles. The highest BCUT2D eigenvalue weighted by atomic mass is 16.4. The van der Waals surface area contributed by atoms with Gasteiger partial charge in [0, 0.05) is 20.1 Å². The molecule has 0 aliphatic carbocycles. The Morgan fingerprint density at radius 1 is 1.73 bits per heavy atom. The fourth-order valence-electron chi connectivity index (χ4n) is 1.41. The highest BCUT2D eigenvalue weighted by Gasteiger charge is 2.34. The van der Waals surface area contributed by atoms with Crippen molar-refractivity contribution >= 4 is 11.9 Å². The summed E-state index contributed by atoms with van der Waals surface area (Å²) in [6.07, 6.45) is 0.644. The van der Waals surface area contributed by atoms with Crippen molar-refractivity contribution in [2.45, 2.75) is 25.0 Å². The summed E-state index contributed by atoms with van der Waals surface area (Å²) < 4.78 is 0. The van der Waals surface area contributed by atoms with Gasteiger partial charge in [-0.3, -0.25) is 4.79 Å². The first kappa shape index (κ1) is 11.9.